The fourth-order valence-corrected chi connectivity index (χ4v) is 2.43. The predicted molar refractivity (Wildman–Crippen MR) is 71.0 cm³/mol. The molecule has 94 valence electrons. The molecular weight excluding hydrogens is 210 g/mol. The maximum Gasteiger partial charge on any atom is 0.0741 e. The van der Waals surface area contributed by atoms with Gasteiger partial charge >= 0.3 is 0 Å². The lowest BCUT2D eigenvalue weighted by Crippen LogP contribution is -2.39. The van der Waals surface area contributed by atoms with Gasteiger partial charge in [-0.05, 0) is 43.7 Å². The van der Waals surface area contributed by atoms with E-state index in [4.69, 9.17) is 0 Å². The maximum absolute atomic E-state index is 10.0. The zero-order valence-electron chi connectivity index (χ0n) is 10.9. The third-order valence-electron chi connectivity index (χ3n) is 3.86. The molecule has 2 unspecified atom stereocenters. The highest BCUT2D eigenvalue weighted by molar-refractivity contribution is 5.32. The summed E-state index contributed by atoms with van der Waals surface area (Å²) in [6, 6.07) is 9.08. The van der Waals surface area contributed by atoms with Crippen LogP contribution < -0.4 is 5.32 Å². The second-order valence-electron chi connectivity index (χ2n) is 5.38. The zero-order chi connectivity index (χ0) is 12.3. The Morgan fingerprint density at radius 2 is 2.18 bits per heavy atom. The summed E-state index contributed by atoms with van der Waals surface area (Å²) < 4.78 is 0. The predicted octanol–water partition coefficient (Wildman–Crippen LogP) is 2.81. The number of nitrogens with one attached hydrogen (secondary N) is 1. The maximum atomic E-state index is 10.0. The molecular formula is C15H23NO. The van der Waals surface area contributed by atoms with Gasteiger partial charge in [-0.2, -0.15) is 0 Å². The van der Waals surface area contributed by atoms with Gasteiger partial charge in [0.1, 0.15) is 0 Å². The minimum atomic E-state index is -0.591. The quantitative estimate of drug-likeness (QED) is 0.838. The number of aryl methyl sites for hydroxylation is 1. The fourth-order valence-electron chi connectivity index (χ4n) is 2.43. The van der Waals surface area contributed by atoms with Crippen molar-refractivity contribution in [2.24, 2.45) is 0 Å². The lowest BCUT2D eigenvalue weighted by molar-refractivity contribution is 0.0521. The molecule has 1 aliphatic carbocycles. The lowest BCUT2D eigenvalue weighted by Gasteiger charge is -2.30. The molecule has 0 radical (unpaired) electrons. The molecule has 0 saturated carbocycles. The van der Waals surface area contributed by atoms with Crippen LogP contribution in [0.1, 0.15) is 50.3 Å². The van der Waals surface area contributed by atoms with Crippen molar-refractivity contribution >= 4 is 0 Å². The Morgan fingerprint density at radius 3 is 2.94 bits per heavy atom. The Bertz CT molecular complexity index is 373. The molecule has 2 atom stereocenters. The zero-order valence-corrected chi connectivity index (χ0v) is 10.9. The summed E-state index contributed by atoms with van der Waals surface area (Å²) in [6.07, 6.45) is 4.40. The van der Waals surface area contributed by atoms with Gasteiger partial charge in [-0.3, -0.25) is 0 Å². The Balaban J connectivity index is 2.04. The van der Waals surface area contributed by atoms with E-state index in [0.29, 0.717) is 12.6 Å². The van der Waals surface area contributed by atoms with Crippen LogP contribution in [-0.4, -0.2) is 17.3 Å². The molecule has 2 heteroatoms. The van der Waals surface area contributed by atoms with E-state index in [9.17, 15) is 5.11 Å². The Morgan fingerprint density at radius 1 is 1.41 bits per heavy atom. The van der Waals surface area contributed by atoms with E-state index in [-0.39, 0.29) is 0 Å². The third-order valence-corrected chi connectivity index (χ3v) is 3.86. The van der Waals surface area contributed by atoms with Crippen LogP contribution in [0.25, 0.3) is 0 Å². The SMILES string of the molecule is CCC(C)(O)CNC1CCCc2ccccc21. The first-order valence-corrected chi connectivity index (χ1v) is 6.66. The second-order valence-corrected chi connectivity index (χ2v) is 5.38. The summed E-state index contributed by atoms with van der Waals surface area (Å²) in [5.41, 5.74) is 2.30. The summed E-state index contributed by atoms with van der Waals surface area (Å²) in [5.74, 6) is 0. The summed E-state index contributed by atoms with van der Waals surface area (Å²) in [5, 5.41) is 13.6. The van der Waals surface area contributed by atoms with Crippen LogP contribution in [-0.2, 0) is 6.42 Å². The van der Waals surface area contributed by atoms with Gasteiger partial charge in [-0.1, -0.05) is 31.2 Å². The van der Waals surface area contributed by atoms with Crippen LogP contribution in [0.5, 0.6) is 0 Å². The number of hydrogen-bond acceptors (Lipinski definition) is 2. The largest absolute Gasteiger partial charge is 0.389 e. The molecule has 1 aromatic rings. The Labute approximate surface area is 104 Å². The average Bonchev–Trinajstić information content (AvgIpc) is 2.36. The van der Waals surface area contributed by atoms with Crippen LogP contribution >= 0.6 is 0 Å². The van der Waals surface area contributed by atoms with Crippen LogP contribution in [0.4, 0.5) is 0 Å². The minimum absolute atomic E-state index is 0.415. The minimum Gasteiger partial charge on any atom is -0.389 e. The number of rotatable bonds is 4. The molecule has 1 aliphatic rings. The van der Waals surface area contributed by atoms with Crippen LogP contribution in [0.2, 0.25) is 0 Å². The summed E-state index contributed by atoms with van der Waals surface area (Å²) in [7, 11) is 0. The molecule has 0 bridgehead atoms. The van der Waals surface area contributed by atoms with E-state index < -0.39 is 5.60 Å². The molecule has 2 nitrogen and oxygen atoms in total. The summed E-state index contributed by atoms with van der Waals surface area (Å²) >= 11 is 0. The fraction of sp³-hybridized carbons (Fsp3) is 0.600. The Kier molecular flexibility index (Phi) is 3.85. The van der Waals surface area contributed by atoms with Crippen molar-refractivity contribution in [3.05, 3.63) is 35.4 Å². The van der Waals surface area contributed by atoms with Gasteiger partial charge in [-0.25, -0.2) is 0 Å². The molecule has 17 heavy (non-hydrogen) atoms. The van der Waals surface area contributed by atoms with Crippen molar-refractivity contribution in [1.29, 1.82) is 0 Å². The van der Waals surface area contributed by atoms with Gasteiger partial charge in [-0.15, -0.1) is 0 Å². The van der Waals surface area contributed by atoms with Crippen molar-refractivity contribution in [1.82, 2.24) is 5.32 Å². The normalized spacial score (nSPS) is 22.9. The van der Waals surface area contributed by atoms with Gasteiger partial charge in [0.25, 0.3) is 0 Å². The van der Waals surface area contributed by atoms with Crippen LogP contribution in [0, 0.1) is 0 Å². The van der Waals surface area contributed by atoms with Gasteiger partial charge < -0.3 is 10.4 Å². The number of benzene rings is 1. The molecule has 0 spiro atoms. The van der Waals surface area contributed by atoms with Crippen molar-refractivity contribution in [3.8, 4) is 0 Å². The molecule has 2 rings (SSSR count). The molecule has 0 aliphatic heterocycles. The molecule has 0 heterocycles. The van der Waals surface area contributed by atoms with Gasteiger partial charge in [0, 0.05) is 12.6 Å². The molecule has 2 N–H and O–H groups in total. The van der Waals surface area contributed by atoms with Gasteiger partial charge in [0.15, 0.2) is 0 Å². The third kappa shape index (κ3) is 3.08. The van der Waals surface area contributed by atoms with Gasteiger partial charge in [0.05, 0.1) is 5.60 Å². The van der Waals surface area contributed by atoms with Crippen LogP contribution in [0.3, 0.4) is 0 Å². The topological polar surface area (TPSA) is 32.3 Å². The lowest BCUT2D eigenvalue weighted by atomic mass is 9.87. The number of aliphatic hydroxyl groups is 1. The summed E-state index contributed by atoms with van der Waals surface area (Å²) in [4.78, 5) is 0. The van der Waals surface area contributed by atoms with Crippen molar-refractivity contribution in [3.63, 3.8) is 0 Å². The first-order chi connectivity index (χ1) is 8.12. The van der Waals surface area contributed by atoms with Crippen LogP contribution in [0.15, 0.2) is 24.3 Å². The average molecular weight is 233 g/mol. The standard InChI is InChI=1S/C15H23NO/c1-3-15(2,17)11-16-14-10-6-8-12-7-4-5-9-13(12)14/h4-5,7,9,14,16-17H,3,6,8,10-11H2,1-2H3. The highest BCUT2D eigenvalue weighted by atomic mass is 16.3. The van der Waals surface area contributed by atoms with E-state index in [1.54, 1.807) is 0 Å². The number of hydrogen-bond donors (Lipinski definition) is 2. The van der Waals surface area contributed by atoms with Crippen molar-refractivity contribution < 1.29 is 5.11 Å². The van der Waals surface area contributed by atoms with E-state index >= 15 is 0 Å². The smallest absolute Gasteiger partial charge is 0.0741 e. The van der Waals surface area contributed by atoms with E-state index in [1.807, 2.05) is 13.8 Å². The number of fused-ring (bicyclic) bond motifs is 1. The Hall–Kier alpha value is -0.860. The monoisotopic (exact) mass is 233 g/mol. The van der Waals surface area contributed by atoms with Gasteiger partial charge in [0.2, 0.25) is 0 Å². The first kappa shape index (κ1) is 12.6. The summed E-state index contributed by atoms with van der Waals surface area (Å²) in [6.45, 7) is 4.59. The first-order valence-electron chi connectivity index (χ1n) is 6.66. The molecule has 1 aromatic carbocycles. The molecule has 0 fully saturated rings. The highest BCUT2D eigenvalue weighted by Gasteiger charge is 2.23. The highest BCUT2D eigenvalue weighted by Crippen LogP contribution is 2.29. The van der Waals surface area contributed by atoms with Crippen molar-refractivity contribution in [2.75, 3.05) is 6.54 Å². The molecule has 0 saturated heterocycles. The molecule has 0 aromatic heterocycles. The van der Waals surface area contributed by atoms with E-state index in [1.165, 1.54) is 30.4 Å². The molecule has 0 amide bonds. The van der Waals surface area contributed by atoms with Crippen molar-refractivity contribution in [2.45, 2.75) is 51.2 Å². The second kappa shape index (κ2) is 5.19. The van der Waals surface area contributed by atoms with E-state index in [2.05, 4.69) is 29.6 Å². The van der Waals surface area contributed by atoms with E-state index in [0.717, 1.165) is 6.42 Å².